The summed E-state index contributed by atoms with van der Waals surface area (Å²) < 4.78 is 0.683. The lowest BCUT2D eigenvalue weighted by Crippen LogP contribution is -2.31. The number of rotatable bonds is 6. The third-order valence-corrected chi connectivity index (χ3v) is 6.21. The second kappa shape index (κ2) is 9.15. The van der Waals surface area contributed by atoms with Crippen molar-refractivity contribution in [3.8, 4) is 0 Å². The summed E-state index contributed by atoms with van der Waals surface area (Å²) in [7, 11) is 1.80. The molecule has 150 valence electrons. The second-order valence-corrected chi connectivity index (χ2v) is 8.64. The summed E-state index contributed by atoms with van der Waals surface area (Å²) in [6, 6.07) is 16.5. The fourth-order valence-corrected chi connectivity index (χ4v) is 4.26. The Morgan fingerprint density at radius 2 is 1.90 bits per heavy atom. The van der Waals surface area contributed by atoms with E-state index in [1.165, 1.54) is 11.3 Å². The Kier molecular flexibility index (Phi) is 6.61. The van der Waals surface area contributed by atoms with Gasteiger partial charge < -0.3 is 15.2 Å². The zero-order valence-electron chi connectivity index (χ0n) is 16.6. The van der Waals surface area contributed by atoms with E-state index in [4.69, 9.17) is 12.2 Å². The predicted molar refractivity (Wildman–Crippen MR) is 120 cm³/mol. The molecule has 0 aliphatic rings. The number of aromatic nitrogens is 1. The van der Waals surface area contributed by atoms with Crippen LogP contribution < -0.4 is 5.32 Å². The highest BCUT2D eigenvalue weighted by molar-refractivity contribution is 7.73. The monoisotopic (exact) mass is 425 g/mol. The maximum atomic E-state index is 12.8. The van der Waals surface area contributed by atoms with E-state index >= 15 is 0 Å². The lowest BCUT2D eigenvalue weighted by atomic mass is 10.1. The lowest BCUT2D eigenvalue weighted by molar-refractivity contribution is -0.131. The highest BCUT2D eigenvalue weighted by atomic mass is 32.1. The van der Waals surface area contributed by atoms with Gasteiger partial charge in [-0.1, -0.05) is 30.3 Å². The molecule has 5 nitrogen and oxygen atoms in total. The van der Waals surface area contributed by atoms with Crippen molar-refractivity contribution in [1.82, 2.24) is 9.88 Å². The first kappa shape index (κ1) is 21.0. The van der Waals surface area contributed by atoms with Gasteiger partial charge >= 0.3 is 0 Å². The number of hydrogen-bond donors (Lipinski definition) is 2. The number of H-pyrrole nitrogens is 1. The summed E-state index contributed by atoms with van der Waals surface area (Å²) in [5.41, 5.74) is 3.19. The first-order valence-corrected chi connectivity index (χ1v) is 10.5. The molecule has 0 saturated carbocycles. The van der Waals surface area contributed by atoms with Gasteiger partial charge in [-0.25, -0.2) is 0 Å². The number of aryl methyl sites for hydroxylation is 1. The maximum absolute atomic E-state index is 12.8. The lowest BCUT2D eigenvalue weighted by Gasteiger charge is -2.26. The standard InChI is InChI=1S/C22H23N3O2S2/c1-14-19(29-22(28)23-14)13-20(26)25(3)15(2)17-10-7-11-18(12-17)24-21(27)16-8-5-4-6-9-16/h4-12,15H,13H2,1-3H3,(H,23,28)(H,24,27)/t15-/m1/s1. The van der Waals surface area contributed by atoms with E-state index in [9.17, 15) is 9.59 Å². The average molecular weight is 426 g/mol. The molecule has 0 fully saturated rings. The Morgan fingerprint density at radius 1 is 1.17 bits per heavy atom. The molecular formula is C22H23N3O2S2. The molecule has 0 aliphatic carbocycles. The summed E-state index contributed by atoms with van der Waals surface area (Å²) in [5, 5.41) is 2.92. The topological polar surface area (TPSA) is 65.2 Å². The van der Waals surface area contributed by atoms with Crippen LogP contribution in [-0.2, 0) is 11.2 Å². The van der Waals surface area contributed by atoms with Crippen LogP contribution in [0.2, 0.25) is 0 Å². The van der Waals surface area contributed by atoms with E-state index in [1.807, 2.05) is 56.3 Å². The molecule has 0 spiro atoms. The van der Waals surface area contributed by atoms with E-state index in [0.29, 0.717) is 21.6 Å². The van der Waals surface area contributed by atoms with Gasteiger partial charge in [-0.2, -0.15) is 0 Å². The van der Waals surface area contributed by atoms with Crippen molar-refractivity contribution in [3.63, 3.8) is 0 Å². The molecular weight excluding hydrogens is 402 g/mol. The number of benzene rings is 2. The van der Waals surface area contributed by atoms with E-state index in [-0.39, 0.29) is 17.9 Å². The van der Waals surface area contributed by atoms with Crippen LogP contribution in [0.3, 0.4) is 0 Å². The van der Waals surface area contributed by atoms with Gasteiger partial charge in [0, 0.05) is 28.9 Å². The number of thiazole rings is 1. The van der Waals surface area contributed by atoms with Crippen LogP contribution >= 0.6 is 23.6 Å². The van der Waals surface area contributed by atoms with Crippen LogP contribution in [0, 0.1) is 10.9 Å². The molecule has 1 atom stereocenters. The Bertz CT molecular complexity index is 1070. The van der Waals surface area contributed by atoms with Gasteiger partial charge in [0.15, 0.2) is 3.95 Å². The minimum atomic E-state index is -0.163. The van der Waals surface area contributed by atoms with Crippen LogP contribution in [0.1, 0.15) is 39.5 Å². The number of aromatic amines is 1. The molecule has 1 heterocycles. The average Bonchev–Trinajstić information content (AvgIpc) is 3.04. The van der Waals surface area contributed by atoms with Gasteiger partial charge in [0.2, 0.25) is 5.91 Å². The molecule has 2 amide bonds. The third-order valence-electron chi connectivity index (χ3n) is 4.87. The number of nitrogens with one attached hydrogen (secondary N) is 2. The number of likely N-dealkylation sites (N-methyl/N-ethyl adjacent to an activating group) is 1. The number of hydrogen-bond acceptors (Lipinski definition) is 4. The molecule has 2 N–H and O–H groups in total. The molecule has 1 aromatic heterocycles. The smallest absolute Gasteiger partial charge is 0.255 e. The second-order valence-electron chi connectivity index (χ2n) is 6.87. The van der Waals surface area contributed by atoms with Crippen molar-refractivity contribution in [1.29, 1.82) is 0 Å². The van der Waals surface area contributed by atoms with E-state index in [1.54, 1.807) is 24.1 Å². The predicted octanol–water partition coefficient (Wildman–Crippen LogP) is 5.13. The van der Waals surface area contributed by atoms with Crippen molar-refractivity contribution >= 4 is 41.1 Å². The number of nitrogens with zero attached hydrogens (tertiary/aromatic N) is 1. The fraction of sp³-hybridized carbons (Fsp3) is 0.227. The molecule has 0 saturated heterocycles. The van der Waals surface area contributed by atoms with Crippen LogP contribution in [0.25, 0.3) is 0 Å². The fourth-order valence-electron chi connectivity index (χ4n) is 2.98. The van der Waals surface area contributed by atoms with Crippen LogP contribution in [-0.4, -0.2) is 28.7 Å². The zero-order chi connectivity index (χ0) is 21.0. The summed E-state index contributed by atoms with van der Waals surface area (Å²) in [6.07, 6.45) is 0.314. The Balaban J connectivity index is 1.70. The van der Waals surface area contributed by atoms with Crippen LogP contribution in [0.5, 0.6) is 0 Å². The van der Waals surface area contributed by atoms with Crippen molar-refractivity contribution in [2.24, 2.45) is 0 Å². The molecule has 3 rings (SSSR count). The van der Waals surface area contributed by atoms with Gasteiger partial charge in [0.25, 0.3) is 5.91 Å². The molecule has 7 heteroatoms. The summed E-state index contributed by atoms with van der Waals surface area (Å²) in [4.78, 5) is 30.9. The summed E-state index contributed by atoms with van der Waals surface area (Å²) in [5.74, 6) is -0.145. The molecule has 3 aromatic rings. The highest BCUT2D eigenvalue weighted by Gasteiger charge is 2.19. The largest absolute Gasteiger partial charge is 0.341 e. The Hall–Kier alpha value is -2.77. The minimum absolute atomic E-state index is 0.0181. The summed E-state index contributed by atoms with van der Waals surface area (Å²) in [6.45, 7) is 3.90. The van der Waals surface area contributed by atoms with E-state index < -0.39 is 0 Å². The van der Waals surface area contributed by atoms with Gasteiger partial charge in [-0.3, -0.25) is 9.59 Å². The van der Waals surface area contributed by atoms with Crippen molar-refractivity contribution in [2.45, 2.75) is 26.3 Å². The highest BCUT2D eigenvalue weighted by Crippen LogP contribution is 2.24. The quantitative estimate of drug-likeness (QED) is 0.538. The molecule has 0 radical (unpaired) electrons. The molecule has 0 bridgehead atoms. The summed E-state index contributed by atoms with van der Waals surface area (Å²) >= 11 is 6.59. The molecule has 2 aromatic carbocycles. The first-order chi connectivity index (χ1) is 13.8. The van der Waals surface area contributed by atoms with E-state index in [2.05, 4.69) is 10.3 Å². The third kappa shape index (κ3) is 5.19. The van der Waals surface area contributed by atoms with Gasteiger partial charge in [0.05, 0.1) is 12.5 Å². The minimum Gasteiger partial charge on any atom is -0.341 e. The SMILES string of the molecule is Cc1[nH]c(=S)sc1CC(=O)N(C)[C@H](C)c1cccc(NC(=O)c2ccccc2)c1. The molecule has 29 heavy (non-hydrogen) atoms. The normalized spacial score (nSPS) is 11.7. The Morgan fingerprint density at radius 3 is 2.55 bits per heavy atom. The number of amides is 2. The van der Waals surface area contributed by atoms with Gasteiger partial charge in [0.1, 0.15) is 0 Å². The van der Waals surface area contributed by atoms with Gasteiger partial charge in [-0.05, 0) is 55.9 Å². The number of carbonyl (C=O) groups excluding carboxylic acids is 2. The van der Waals surface area contributed by atoms with Crippen LogP contribution in [0.4, 0.5) is 5.69 Å². The van der Waals surface area contributed by atoms with Crippen molar-refractivity contribution in [3.05, 3.63) is 80.2 Å². The van der Waals surface area contributed by atoms with Crippen LogP contribution in [0.15, 0.2) is 54.6 Å². The van der Waals surface area contributed by atoms with Gasteiger partial charge in [-0.15, -0.1) is 11.3 Å². The van der Waals surface area contributed by atoms with Crippen molar-refractivity contribution in [2.75, 3.05) is 12.4 Å². The molecule has 0 aliphatic heterocycles. The number of anilines is 1. The Labute approximate surface area is 179 Å². The first-order valence-electron chi connectivity index (χ1n) is 9.25. The number of carbonyl (C=O) groups is 2. The zero-order valence-corrected chi connectivity index (χ0v) is 18.2. The molecule has 0 unspecified atom stereocenters. The van der Waals surface area contributed by atoms with E-state index in [0.717, 1.165) is 16.1 Å². The maximum Gasteiger partial charge on any atom is 0.255 e. The van der Waals surface area contributed by atoms with Crippen molar-refractivity contribution < 1.29 is 9.59 Å².